The Balaban J connectivity index is 1.65. The van der Waals surface area contributed by atoms with Gasteiger partial charge in [0.05, 0.1) is 5.52 Å². The number of aryl methyl sites for hydroxylation is 1. The molecule has 0 aliphatic carbocycles. The molecule has 4 heteroatoms. The van der Waals surface area contributed by atoms with Gasteiger partial charge in [0, 0.05) is 41.7 Å². The fraction of sp³-hybridized carbons (Fsp3) is 0.348. The molecule has 0 saturated carbocycles. The first-order valence-electron chi connectivity index (χ1n) is 9.79. The van der Waals surface area contributed by atoms with Gasteiger partial charge in [-0.25, -0.2) is 0 Å². The molecule has 138 valence electrons. The number of Topliss-reactive ketones (excluding diaryl/α,β-unsaturated/α-hetero) is 1. The smallest absolute Gasteiger partial charge is 0.162 e. The quantitative estimate of drug-likeness (QED) is 0.659. The van der Waals surface area contributed by atoms with Gasteiger partial charge in [0.15, 0.2) is 5.78 Å². The van der Waals surface area contributed by atoms with Crippen LogP contribution in [0.15, 0.2) is 41.4 Å². The van der Waals surface area contributed by atoms with E-state index in [1.807, 2.05) is 31.3 Å². The number of nitrogens with one attached hydrogen (secondary N) is 1. The number of nitrogens with zero attached hydrogens (tertiary/aromatic N) is 2. The molecule has 1 atom stereocenters. The van der Waals surface area contributed by atoms with Crippen LogP contribution in [0.2, 0.25) is 0 Å². The monoisotopic (exact) mass is 359 g/mol. The molecule has 4 rings (SSSR count). The maximum Gasteiger partial charge on any atom is 0.162 e. The number of carbonyl (C=O) groups is 1. The van der Waals surface area contributed by atoms with Crippen LogP contribution in [0.3, 0.4) is 0 Å². The first-order valence-corrected chi connectivity index (χ1v) is 9.79. The van der Waals surface area contributed by atoms with Crippen LogP contribution in [0.1, 0.15) is 65.9 Å². The minimum Gasteiger partial charge on any atom is -0.294 e. The highest BCUT2D eigenvalue weighted by Gasteiger charge is 2.13. The minimum atomic E-state index is 0.196. The Morgan fingerprint density at radius 1 is 1.22 bits per heavy atom. The summed E-state index contributed by atoms with van der Waals surface area (Å²) in [5.74, 6) is 0.196. The van der Waals surface area contributed by atoms with Crippen LogP contribution in [0, 0.1) is 0 Å². The van der Waals surface area contributed by atoms with Gasteiger partial charge in [-0.15, -0.1) is 0 Å². The number of aromatic amines is 1. The number of hydrogen-bond acceptors (Lipinski definition) is 3. The molecular formula is C23H25N3O. The Hall–Kier alpha value is -2.75. The number of aromatic nitrogens is 2. The molecule has 0 fully saturated rings. The van der Waals surface area contributed by atoms with Crippen LogP contribution >= 0.6 is 0 Å². The zero-order chi connectivity index (χ0) is 18.8. The highest BCUT2D eigenvalue weighted by molar-refractivity contribution is 5.99. The lowest BCUT2D eigenvalue weighted by Crippen LogP contribution is -1.98. The molecule has 4 nitrogen and oxygen atoms in total. The first-order chi connectivity index (χ1) is 13.1. The van der Waals surface area contributed by atoms with E-state index >= 15 is 0 Å². The number of rotatable bonds is 5. The van der Waals surface area contributed by atoms with E-state index in [4.69, 9.17) is 0 Å². The highest BCUT2D eigenvalue weighted by Crippen LogP contribution is 2.23. The van der Waals surface area contributed by atoms with Gasteiger partial charge >= 0.3 is 0 Å². The molecule has 1 aliphatic rings. The summed E-state index contributed by atoms with van der Waals surface area (Å²) in [6.07, 6.45) is 6.41. The Morgan fingerprint density at radius 2 is 2.11 bits per heavy atom. The Labute approximate surface area is 159 Å². The number of fused-ring (bicyclic) bond motifs is 2. The number of benzene rings is 2. The largest absolute Gasteiger partial charge is 0.294 e. The van der Waals surface area contributed by atoms with E-state index in [2.05, 4.69) is 40.3 Å². The molecule has 0 radical (unpaired) electrons. The number of carbonyl (C=O) groups excluding carboxylic acids is 1. The third kappa shape index (κ3) is 3.70. The number of H-pyrrole nitrogens is 1. The normalized spacial score (nSPS) is 16.3. The second-order valence-corrected chi connectivity index (χ2v) is 7.48. The molecule has 1 N–H and O–H groups in total. The number of ketones is 1. The molecule has 2 heterocycles. The number of aliphatic imine (C=N–C) groups is 1. The van der Waals surface area contributed by atoms with Gasteiger partial charge in [-0.3, -0.25) is 14.9 Å². The van der Waals surface area contributed by atoms with E-state index in [0.29, 0.717) is 12.5 Å². The van der Waals surface area contributed by atoms with Gasteiger partial charge in [-0.2, -0.15) is 5.10 Å². The van der Waals surface area contributed by atoms with Gasteiger partial charge in [0.1, 0.15) is 0 Å². The molecule has 1 aromatic heterocycles. The summed E-state index contributed by atoms with van der Waals surface area (Å²) in [5.41, 5.74) is 6.55. The molecule has 3 aromatic rings. The van der Waals surface area contributed by atoms with E-state index < -0.39 is 0 Å². The predicted octanol–water partition coefficient (Wildman–Crippen LogP) is 4.89. The van der Waals surface area contributed by atoms with Crippen molar-refractivity contribution in [2.75, 3.05) is 0 Å². The molecule has 0 spiro atoms. The lowest BCUT2D eigenvalue weighted by atomic mass is 9.97. The van der Waals surface area contributed by atoms with Crippen molar-refractivity contribution in [2.24, 2.45) is 4.99 Å². The zero-order valence-corrected chi connectivity index (χ0v) is 16.0. The van der Waals surface area contributed by atoms with Crippen molar-refractivity contribution in [3.8, 4) is 0 Å². The van der Waals surface area contributed by atoms with Gasteiger partial charge < -0.3 is 0 Å². The average molecular weight is 359 g/mol. The lowest BCUT2D eigenvalue weighted by molar-refractivity contribution is 0.0982. The van der Waals surface area contributed by atoms with E-state index in [1.165, 1.54) is 16.7 Å². The van der Waals surface area contributed by atoms with Crippen molar-refractivity contribution >= 4 is 22.9 Å². The van der Waals surface area contributed by atoms with E-state index in [-0.39, 0.29) is 5.78 Å². The van der Waals surface area contributed by atoms with Crippen molar-refractivity contribution < 1.29 is 4.79 Å². The summed E-state index contributed by atoms with van der Waals surface area (Å²) in [7, 11) is 0. The fourth-order valence-corrected chi connectivity index (χ4v) is 3.70. The maximum atomic E-state index is 12.3. The van der Waals surface area contributed by atoms with Crippen LogP contribution in [-0.2, 0) is 12.8 Å². The number of hydrogen-bond donors (Lipinski definition) is 1. The topological polar surface area (TPSA) is 58.1 Å². The minimum absolute atomic E-state index is 0.196. The van der Waals surface area contributed by atoms with Gasteiger partial charge in [0.25, 0.3) is 0 Å². The summed E-state index contributed by atoms with van der Waals surface area (Å²) in [6, 6.07) is 12.8. The van der Waals surface area contributed by atoms with E-state index in [1.54, 1.807) is 0 Å². The maximum absolute atomic E-state index is 12.3. The molecule has 0 amide bonds. The molecule has 27 heavy (non-hydrogen) atoms. The first kappa shape index (κ1) is 17.7. The molecule has 2 aromatic carbocycles. The standard InChI is InChI=1S/C23H25N3O/c1-3-4-23(27)18-9-10-21-20(13-18)22(26-25-21)12-16-6-8-17-7-5-15(2)24-14-19(17)11-16/h6,8-11,13-15H,3-5,7,12H2,1-2H3,(H,25,26). The molecule has 1 aliphatic heterocycles. The van der Waals surface area contributed by atoms with Crippen LogP contribution in [0.5, 0.6) is 0 Å². The fourth-order valence-electron chi connectivity index (χ4n) is 3.70. The summed E-state index contributed by atoms with van der Waals surface area (Å²) >= 11 is 0. The summed E-state index contributed by atoms with van der Waals surface area (Å²) in [4.78, 5) is 16.9. The molecular weight excluding hydrogens is 334 g/mol. The second-order valence-electron chi connectivity index (χ2n) is 7.48. The van der Waals surface area contributed by atoms with Crippen molar-refractivity contribution in [3.63, 3.8) is 0 Å². The third-order valence-electron chi connectivity index (χ3n) is 5.32. The Kier molecular flexibility index (Phi) is 4.88. The lowest BCUT2D eigenvalue weighted by Gasteiger charge is -2.07. The SMILES string of the molecule is CCCC(=O)c1ccc2n[nH]c(Cc3ccc4c(c3)C=NC(C)CC4)c2c1. The van der Waals surface area contributed by atoms with Crippen molar-refractivity contribution in [1.29, 1.82) is 0 Å². The van der Waals surface area contributed by atoms with Crippen LogP contribution < -0.4 is 0 Å². The van der Waals surface area contributed by atoms with Crippen molar-refractivity contribution in [1.82, 2.24) is 10.2 Å². The van der Waals surface area contributed by atoms with Crippen molar-refractivity contribution in [2.45, 2.75) is 52.0 Å². The Bertz CT molecular complexity index is 1020. The van der Waals surface area contributed by atoms with Crippen LogP contribution in [0.4, 0.5) is 0 Å². The molecule has 0 bridgehead atoms. The van der Waals surface area contributed by atoms with Gasteiger partial charge in [-0.1, -0.05) is 19.1 Å². The summed E-state index contributed by atoms with van der Waals surface area (Å²) in [6.45, 7) is 4.19. The van der Waals surface area contributed by atoms with Crippen molar-refractivity contribution in [3.05, 3.63) is 64.3 Å². The third-order valence-corrected chi connectivity index (χ3v) is 5.32. The van der Waals surface area contributed by atoms with Crippen LogP contribution in [0.25, 0.3) is 10.9 Å². The second kappa shape index (κ2) is 7.47. The van der Waals surface area contributed by atoms with E-state index in [0.717, 1.165) is 47.8 Å². The molecule has 0 saturated heterocycles. The highest BCUT2D eigenvalue weighted by atomic mass is 16.1. The predicted molar refractivity (Wildman–Crippen MR) is 110 cm³/mol. The zero-order valence-electron chi connectivity index (χ0n) is 16.0. The summed E-state index contributed by atoms with van der Waals surface area (Å²) < 4.78 is 0. The summed E-state index contributed by atoms with van der Waals surface area (Å²) in [5, 5.41) is 8.61. The molecule has 1 unspecified atom stereocenters. The van der Waals surface area contributed by atoms with Gasteiger partial charge in [-0.05, 0) is 67.1 Å². The van der Waals surface area contributed by atoms with E-state index in [9.17, 15) is 4.79 Å². The average Bonchev–Trinajstić information content (AvgIpc) is 2.97. The van der Waals surface area contributed by atoms with Gasteiger partial charge in [0.2, 0.25) is 0 Å². The van der Waals surface area contributed by atoms with Crippen LogP contribution in [-0.4, -0.2) is 28.2 Å². The Morgan fingerprint density at radius 3 is 2.96 bits per heavy atom.